The van der Waals surface area contributed by atoms with Gasteiger partial charge in [0.2, 0.25) is 0 Å². The molecule has 0 unspecified atom stereocenters. The van der Waals surface area contributed by atoms with Crippen LogP contribution >= 0.6 is 0 Å². The Morgan fingerprint density at radius 3 is 2.12 bits per heavy atom. The molecule has 1 aliphatic heterocycles. The topological polar surface area (TPSA) is 0 Å². The van der Waals surface area contributed by atoms with Crippen molar-refractivity contribution in [1.29, 1.82) is 0 Å². The van der Waals surface area contributed by atoms with E-state index in [1.807, 2.05) is 0 Å². The molecule has 0 N–H and O–H groups in total. The number of hydrogen-bond acceptors (Lipinski definition) is 0. The second kappa shape index (κ2) is 5.50. The van der Waals surface area contributed by atoms with Gasteiger partial charge in [-0.2, -0.15) is 0 Å². The molecule has 2 heteroatoms. The first-order valence-corrected chi connectivity index (χ1v) is 7.06. The fourth-order valence-electron chi connectivity index (χ4n) is 2.54. The average Bonchev–Trinajstić information content (AvgIpc) is 2.29. The molecule has 0 spiro atoms. The zero-order valence-electron chi connectivity index (χ0n) is 12.1. The van der Waals surface area contributed by atoms with Crippen molar-refractivity contribution in [3.63, 3.8) is 0 Å². The lowest BCUT2D eigenvalue weighted by Crippen LogP contribution is -2.50. The normalized spacial score (nSPS) is 31.7. The smallest absolute Gasteiger partial charge is 0.0787 e. The summed E-state index contributed by atoms with van der Waals surface area (Å²) in [5, 5.41) is 0. The molecule has 0 aromatic carbocycles. The van der Waals surface area contributed by atoms with Gasteiger partial charge in [0, 0.05) is 0 Å². The van der Waals surface area contributed by atoms with Gasteiger partial charge >= 0.3 is 0 Å². The molecule has 0 aromatic heterocycles. The SMILES string of the molecule is CC[N+](C)(C)CCC1CC[N+](C)(CC)CC1. The van der Waals surface area contributed by atoms with Crippen molar-refractivity contribution in [3.05, 3.63) is 0 Å². The van der Waals surface area contributed by atoms with E-state index in [1.165, 1.54) is 61.0 Å². The first-order valence-electron chi connectivity index (χ1n) is 7.06. The lowest BCUT2D eigenvalue weighted by molar-refractivity contribution is -0.914. The van der Waals surface area contributed by atoms with Crippen LogP contribution in [-0.2, 0) is 0 Å². The van der Waals surface area contributed by atoms with E-state index in [-0.39, 0.29) is 0 Å². The van der Waals surface area contributed by atoms with Crippen molar-refractivity contribution in [3.8, 4) is 0 Å². The molecular formula is C14H32N2+2. The van der Waals surface area contributed by atoms with Crippen LogP contribution in [0.15, 0.2) is 0 Å². The summed E-state index contributed by atoms with van der Waals surface area (Å²) < 4.78 is 2.50. The van der Waals surface area contributed by atoms with Gasteiger partial charge in [-0.3, -0.25) is 0 Å². The lowest BCUT2D eigenvalue weighted by Gasteiger charge is -2.40. The molecule has 0 aromatic rings. The van der Waals surface area contributed by atoms with Crippen LogP contribution in [0.3, 0.4) is 0 Å². The maximum absolute atomic E-state index is 2.42. The second-order valence-corrected chi connectivity index (χ2v) is 6.59. The maximum Gasteiger partial charge on any atom is 0.0787 e. The molecule has 16 heavy (non-hydrogen) atoms. The van der Waals surface area contributed by atoms with Gasteiger partial charge in [0.25, 0.3) is 0 Å². The Balaban J connectivity index is 2.28. The van der Waals surface area contributed by atoms with E-state index in [4.69, 9.17) is 0 Å². The van der Waals surface area contributed by atoms with Crippen molar-refractivity contribution < 1.29 is 8.97 Å². The molecule has 0 atom stereocenters. The Bertz CT molecular complexity index is 203. The van der Waals surface area contributed by atoms with Gasteiger partial charge in [0.05, 0.1) is 53.9 Å². The zero-order chi connectivity index (χ0) is 12.2. The molecule has 0 saturated carbocycles. The van der Waals surface area contributed by atoms with Crippen LogP contribution < -0.4 is 0 Å². The minimum absolute atomic E-state index is 1.00. The zero-order valence-corrected chi connectivity index (χ0v) is 12.1. The standard InChI is InChI=1S/C14H32N2/c1-6-15(3,4)11-8-14-9-12-16(5,7-2)13-10-14/h14H,6-13H2,1-5H3/q+2. The van der Waals surface area contributed by atoms with E-state index >= 15 is 0 Å². The summed E-state index contributed by atoms with van der Waals surface area (Å²) in [6.07, 6.45) is 4.34. The molecule has 0 bridgehead atoms. The summed E-state index contributed by atoms with van der Waals surface area (Å²) in [5.74, 6) is 1.00. The van der Waals surface area contributed by atoms with Gasteiger partial charge in [-0.05, 0) is 39.0 Å². The second-order valence-electron chi connectivity index (χ2n) is 6.59. The third-order valence-corrected chi connectivity index (χ3v) is 4.92. The van der Waals surface area contributed by atoms with Crippen molar-refractivity contribution >= 4 is 0 Å². The largest absolute Gasteiger partial charge is 0.329 e. The van der Waals surface area contributed by atoms with Crippen molar-refractivity contribution in [1.82, 2.24) is 0 Å². The molecular weight excluding hydrogens is 196 g/mol. The predicted molar refractivity (Wildman–Crippen MR) is 71.3 cm³/mol. The molecule has 1 heterocycles. The van der Waals surface area contributed by atoms with Gasteiger partial charge in [-0.15, -0.1) is 0 Å². The molecule has 0 aliphatic carbocycles. The van der Waals surface area contributed by atoms with Gasteiger partial charge in [-0.1, -0.05) is 0 Å². The molecule has 1 saturated heterocycles. The summed E-state index contributed by atoms with van der Waals surface area (Å²) in [4.78, 5) is 0. The number of hydrogen-bond donors (Lipinski definition) is 0. The molecule has 1 rings (SSSR count). The van der Waals surface area contributed by atoms with E-state index in [1.54, 1.807) is 0 Å². The highest BCUT2D eigenvalue weighted by Gasteiger charge is 2.29. The van der Waals surface area contributed by atoms with E-state index in [0.29, 0.717) is 0 Å². The first kappa shape index (κ1) is 14.0. The molecule has 0 radical (unpaired) electrons. The fraction of sp³-hybridized carbons (Fsp3) is 1.00. The Morgan fingerprint density at radius 1 is 1.12 bits per heavy atom. The minimum Gasteiger partial charge on any atom is -0.329 e. The number of rotatable bonds is 5. The highest BCUT2D eigenvalue weighted by Crippen LogP contribution is 2.24. The number of likely N-dealkylation sites (tertiary alicyclic amines) is 1. The van der Waals surface area contributed by atoms with Crippen LogP contribution in [-0.4, -0.2) is 62.8 Å². The third-order valence-electron chi connectivity index (χ3n) is 4.92. The third kappa shape index (κ3) is 4.06. The lowest BCUT2D eigenvalue weighted by atomic mass is 9.92. The van der Waals surface area contributed by atoms with Gasteiger partial charge in [-0.25, -0.2) is 0 Å². The van der Waals surface area contributed by atoms with Crippen LogP contribution in [0, 0.1) is 5.92 Å². The molecule has 1 aliphatic rings. The summed E-state index contributed by atoms with van der Waals surface area (Å²) in [5.41, 5.74) is 0. The summed E-state index contributed by atoms with van der Waals surface area (Å²) in [6.45, 7) is 11.4. The van der Waals surface area contributed by atoms with E-state index in [0.717, 1.165) is 5.92 Å². The molecule has 96 valence electrons. The number of quaternary nitrogens is 2. The fourth-order valence-corrected chi connectivity index (χ4v) is 2.54. The van der Waals surface area contributed by atoms with Crippen LogP contribution in [0.25, 0.3) is 0 Å². The quantitative estimate of drug-likeness (QED) is 0.634. The Morgan fingerprint density at radius 2 is 1.69 bits per heavy atom. The van der Waals surface area contributed by atoms with E-state index < -0.39 is 0 Å². The summed E-state index contributed by atoms with van der Waals surface area (Å²) in [6, 6.07) is 0. The van der Waals surface area contributed by atoms with Gasteiger partial charge < -0.3 is 8.97 Å². The van der Waals surface area contributed by atoms with Crippen LogP contribution in [0.4, 0.5) is 0 Å². The van der Waals surface area contributed by atoms with Gasteiger partial charge in [0.15, 0.2) is 0 Å². The average molecular weight is 228 g/mol. The molecule has 0 amide bonds. The first-order chi connectivity index (χ1) is 7.41. The maximum atomic E-state index is 2.42. The summed E-state index contributed by atoms with van der Waals surface area (Å²) >= 11 is 0. The highest BCUT2D eigenvalue weighted by atomic mass is 15.3. The Kier molecular flexibility index (Phi) is 4.81. The highest BCUT2D eigenvalue weighted by molar-refractivity contribution is 4.64. The molecule has 1 fully saturated rings. The monoisotopic (exact) mass is 228 g/mol. The van der Waals surface area contributed by atoms with E-state index in [2.05, 4.69) is 35.0 Å². The number of piperidine rings is 1. The van der Waals surface area contributed by atoms with Crippen LogP contribution in [0.5, 0.6) is 0 Å². The van der Waals surface area contributed by atoms with Crippen molar-refractivity contribution in [2.75, 3.05) is 53.9 Å². The summed E-state index contributed by atoms with van der Waals surface area (Å²) in [7, 11) is 7.13. The van der Waals surface area contributed by atoms with Crippen molar-refractivity contribution in [2.24, 2.45) is 5.92 Å². The number of nitrogens with zero attached hydrogens (tertiary/aromatic N) is 2. The van der Waals surface area contributed by atoms with Crippen molar-refractivity contribution in [2.45, 2.75) is 33.1 Å². The Hall–Kier alpha value is -0.0800. The molecule has 2 nitrogen and oxygen atoms in total. The minimum atomic E-state index is 1.00. The van der Waals surface area contributed by atoms with E-state index in [9.17, 15) is 0 Å². The Labute approximate surface area is 102 Å². The van der Waals surface area contributed by atoms with Crippen LogP contribution in [0.1, 0.15) is 33.1 Å². The predicted octanol–water partition coefficient (Wildman–Crippen LogP) is 2.35. The van der Waals surface area contributed by atoms with Crippen LogP contribution in [0.2, 0.25) is 0 Å². The van der Waals surface area contributed by atoms with Gasteiger partial charge in [0.1, 0.15) is 0 Å².